The molecule has 2 rings (SSSR count). The molecule has 1 aromatic heterocycles. The Kier molecular flexibility index (Phi) is 2.17. The Morgan fingerprint density at radius 1 is 1.43 bits per heavy atom. The first-order valence-corrected chi connectivity index (χ1v) is 4.37. The molecule has 0 amide bonds. The summed E-state index contributed by atoms with van der Waals surface area (Å²) in [5.41, 5.74) is 2.17. The van der Waals surface area contributed by atoms with Crippen LogP contribution in [0.3, 0.4) is 0 Å². The normalized spacial score (nSPS) is 10.8. The van der Waals surface area contributed by atoms with E-state index in [-0.39, 0.29) is 12.4 Å². The van der Waals surface area contributed by atoms with Crippen molar-refractivity contribution in [3.63, 3.8) is 0 Å². The van der Waals surface area contributed by atoms with Crippen molar-refractivity contribution in [2.24, 2.45) is 0 Å². The Bertz CT molecular complexity index is 482. The van der Waals surface area contributed by atoms with Crippen LogP contribution in [0.4, 0.5) is 4.39 Å². The lowest BCUT2D eigenvalue weighted by atomic mass is 10.1. The fourth-order valence-electron chi connectivity index (χ4n) is 1.54. The van der Waals surface area contributed by atoms with Gasteiger partial charge in [-0.15, -0.1) is 0 Å². The Labute approximate surface area is 81.0 Å². The third-order valence-electron chi connectivity index (χ3n) is 2.28. The number of aromatic nitrogens is 1. The molecule has 2 aromatic rings. The molecule has 0 fully saturated rings. The number of aryl methyl sites for hydroxylation is 1. The maximum Gasteiger partial charge on any atom is 0.124 e. The van der Waals surface area contributed by atoms with Gasteiger partial charge in [0.2, 0.25) is 0 Å². The average Bonchev–Trinajstić information content (AvgIpc) is 2.18. The van der Waals surface area contributed by atoms with Crippen LogP contribution in [0.1, 0.15) is 11.1 Å². The maximum absolute atomic E-state index is 13.1. The zero-order chi connectivity index (χ0) is 10.1. The summed E-state index contributed by atoms with van der Waals surface area (Å²) in [4.78, 5) is 4.13. The summed E-state index contributed by atoms with van der Waals surface area (Å²) < 4.78 is 13.1. The van der Waals surface area contributed by atoms with E-state index in [1.807, 2.05) is 13.0 Å². The molecular weight excluding hydrogens is 181 g/mol. The van der Waals surface area contributed by atoms with Gasteiger partial charge in [-0.3, -0.25) is 4.98 Å². The second-order valence-electron chi connectivity index (χ2n) is 3.25. The van der Waals surface area contributed by atoms with Gasteiger partial charge in [0.15, 0.2) is 0 Å². The first-order valence-electron chi connectivity index (χ1n) is 4.37. The second-order valence-corrected chi connectivity index (χ2v) is 3.25. The number of halogens is 1. The van der Waals surface area contributed by atoms with Gasteiger partial charge >= 0.3 is 0 Å². The van der Waals surface area contributed by atoms with Crippen LogP contribution in [0.25, 0.3) is 10.9 Å². The van der Waals surface area contributed by atoms with Gasteiger partial charge in [0.1, 0.15) is 5.82 Å². The lowest BCUT2D eigenvalue weighted by Gasteiger charge is -2.05. The third kappa shape index (κ3) is 1.36. The van der Waals surface area contributed by atoms with E-state index in [4.69, 9.17) is 5.11 Å². The van der Waals surface area contributed by atoms with Crippen molar-refractivity contribution in [3.05, 3.63) is 41.3 Å². The lowest BCUT2D eigenvalue weighted by Crippen LogP contribution is -1.92. The van der Waals surface area contributed by atoms with Crippen LogP contribution in [0.2, 0.25) is 0 Å². The van der Waals surface area contributed by atoms with E-state index in [0.29, 0.717) is 11.1 Å². The molecule has 1 N–H and O–H groups in total. The van der Waals surface area contributed by atoms with E-state index < -0.39 is 0 Å². The molecule has 0 aliphatic rings. The van der Waals surface area contributed by atoms with Crippen molar-refractivity contribution in [1.29, 1.82) is 0 Å². The van der Waals surface area contributed by atoms with Gasteiger partial charge in [-0.1, -0.05) is 0 Å². The second kappa shape index (κ2) is 3.35. The molecule has 72 valence electrons. The van der Waals surface area contributed by atoms with Crippen LogP contribution in [-0.4, -0.2) is 10.1 Å². The van der Waals surface area contributed by atoms with Crippen molar-refractivity contribution in [3.8, 4) is 0 Å². The fraction of sp³-hybridized carbons (Fsp3) is 0.182. The Morgan fingerprint density at radius 3 is 2.93 bits per heavy atom. The summed E-state index contributed by atoms with van der Waals surface area (Å²) in [5, 5.41) is 9.80. The molecule has 0 aliphatic carbocycles. The Balaban J connectivity index is 2.87. The zero-order valence-corrected chi connectivity index (χ0v) is 7.79. The number of benzene rings is 1. The molecular formula is C11H10FNO. The topological polar surface area (TPSA) is 33.1 Å². The van der Waals surface area contributed by atoms with Crippen molar-refractivity contribution in [2.45, 2.75) is 13.5 Å². The van der Waals surface area contributed by atoms with Crippen molar-refractivity contribution >= 4 is 10.9 Å². The minimum absolute atomic E-state index is 0.190. The maximum atomic E-state index is 13.1. The molecule has 0 atom stereocenters. The van der Waals surface area contributed by atoms with Gasteiger partial charge in [-0.25, -0.2) is 4.39 Å². The van der Waals surface area contributed by atoms with E-state index in [1.165, 1.54) is 12.1 Å². The van der Waals surface area contributed by atoms with Crippen molar-refractivity contribution < 1.29 is 9.50 Å². The first-order chi connectivity index (χ1) is 6.72. The van der Waals surface area contributed by atoms with Gasteiger partial charge < -0.3 is 5.11 Å². The summed E-state index contributed by atoms with van der Waals surface area (Å²) in [6, 6.07) is 4.58. The highest BCUT2D eigenvalue weighted by Crippen LogP contribution is 2.21. The van der Waals surface area contributed by atoms with E-state index in [9.17, 15) is 4.39 Å². The molecule has 0 spiro atoms. The largest absolute Gasteiger partial charge is 0.392 e. The molecule has 2 nitrogen and oxygen atoms in total. The quantitative estimate of drug-likeness (QED) is 0.749. The number of nitrogens with zero attached hydrogens (tertiary/aromatic N) is 1. The number of fused-ring (bicyclic) bond motifs is 1. The first kappa shape index (κ1) is 9.09. The highest BCUT2D eigenvalue weighted by Gasteiger charge is 2.05. The number of aliphatic hydroxyl groups is 1. The van der Waals surface area contributed by atoms with Gasteiger partial charge in [-0.2, -0.15) is 0 Å². The number of rotatable bonds is 1. The monoisotopic (exact) mass is 191 g/mol. The molecule has 0 radical (unpaired) electrons. The predicted molar refractivity (Wildman–Crippen MR) is 52.4 cm³/mol. The van der Waals surface area contributed by atoms with Crippen LogP contribution in [-0.2, 0) is 6.61 Å². The number of hydrogen-bond acceptors (Lipinski definition) is 2. The highest BCUT2D eigenvalue weighted by molar-refractivity contribution is 5.84. The van der Waals surface area contributed by atoms with Crippen LogP contribution >= 0.6 is 0 Å². The van der Waals surface area contributed by atoms with Gasteiger partial charge in [0.05, 0.1) is 12.1 Å². The third-order valence-corrected chi connectivity index (χ3v) is 2.28. The van der Waals surface area contributed by atoms with E-state index in [1.54, 1.807) is 6.20 Å². The number of pyridine rings is 1. The minimum Gasteiger partial charge on any atom is -0.392 e. The fourth-order valence-corrected chi connectivity index (χ4v) is 1.54. The Hall–Kier alpha value is -1.48. The molecule has 0 saturated carbocycles. The smallest absolute Gasteiger partial charge is 0.124 e. The average molecular weight is 191 g/mol. The number of hydrogen-bond donors (Lipinski definition) is 1. The van der Waals surface area contributed by atoms with Crippen LogP contribution < -0.4 is 0 Å². The standard InChI is InChI=1S/C11H10FNO/c1-7-2-3-13-11-8(6-14)4-9(12)5-10(7)11/h2-5,14H,6H2,1H3. The van der Waals surface area contributed by atoms with Crippen molar-refractivity contribution in [2.75, 3.05) is 0 Å². The Morgan fingerprint density at radius 2 is 2.21 bits per heavy atom. The predicted octanol–water partition coefficient (Wildman–Crippen LogP) is 2.17. The van der Waals surface area contributed by atoms with Gasteiger partial charge in [0.25, 0.3) is 0 Å². The molecule has 1 heterocycles. The lowest BCUT2D eigenvalue weighted by molar-refractivity contribution is 0.282. The SMILES string of the molecule is Cc1ccnc2c(CO)cc(F)cc12. The highest BCUT2D eigenvalue weighted by atomic mass is 19.1. The van der Waals surface area contributed by atoms with Gasteiger partial charge in [-0.05, 0) is 30.7 Å². The number of aliphatic hydroxyl groups excluding tert-OH is 1. The van der Waals surface area contributed by atoms with Crippen LogP contribution in [0, 0.1) is 12.7 Å². The summed E-state index contributed by atoms with van der Waals surface area (Å²) in [6.07, 6.45) is 1.66. The summed E-state index contributed by atoms with van der Waals surface area (Å²) in [5.74, 6) is -0.336. The molecule has 1 aromatic carbocycles. The van der Waals surface area contributed by atoms with E-state index in [2.05, 4.69) is 4.98 Å². The minimum atomic E-state index is -0.336. The summed E-state index contributed by atoms with van der Waals surface area (Å²) >= 11 is 0. The zero-order valence-electron chi connectivity index (χ0n) is 7.79. The molecule has 0 saturated heterocycles. The van der Waals surface area contributed by atoms with Crippen LogP contribution in [0.5, 0.6) is 0 Å². The molecule has 0 unspecified atom stereocenters. The van der Waals surface area contributed by atoms with E-state index >= 15 is 0 Å². The molecule has 14 heavy (non-hydrogen) atoms. The summed E-state index contributed by atoms with van der Waals surface area (Å²) in [6.45, 7) is 1.70. The van der Waals surface area contributed by atoms with E-state index in [0.717, 1.165) is 10.9 Å². The molecule has 3 heteroatoms. The molecule has 0 aliphatic heterocycles. The van der Waals surface area contributed by atoms with Crippen molar-refractivity contribution in [1.82, 2.24) is 4.98 Å². The summed E-state index contributed by atoms with van der Waals surface area (Å²) in [7, 11) is 0. The van der Waals surface area contributed by atoms with Crippen LogP contribution in [0.15, 0.2) is 24.4 Å². The molecule has 0 bridgehead atoms. The van der Waals surface area contributed by atoms with Gasteiger partial charge in [0, 0.05) is 17.1 Å².